The quantitative estimate of drug-likeness (QED) is 0.848. The van der Waals surface area contributed by atoms with Crippen LogP contribution in [0, 0.1) is 5.82 Å². The van der Waals surface area contributed by atoms with Crippen molar-refractivity contribution in [2.45, 2.75) is 31.1 Å². The van der Waals surface area contributed by atoms with Gasteiger partial charge < -0.3 is 5.11 Å². The van der Waals surface area contributed by atoms with Crippen LogP contribution in [0.1, 0.15) is 35.7 Å². The Bertz CT molecular complexity index is 569. The predicted molar refractivity (Wildman–Crippen MR) is 65.0 cm³/mol. The molecule has 0 heterocycles. The van der Waals surface area contributed by atoms with E-state index in [1.807, 2.05) is 6.92 Å². The molecule has 0 amide bonds. The maximum absolute atomic E-state index is 13.6. The summed E-state index contributed by atoms with van der Waals surface area (Å²) in [6, 6.07) is 1.69. The first-order valence-corrected chi connectivity index (χ1v) is 7.58. The lowest BCUT2D eigenvalue weighted by Gasteiger charge is -2.08. The third kappa shape index (κ3) is 3.43. The van der Waals surface area contributed by atoms with E-state index < -0.39 is 25.7 Å². The molecule has 1 N–H and O–H groups in total. The summed E-state index contributed by atoms with van der Waals surface area (Å²) in [6.45, 7) is 1.91. The molecule has 0 aliphatic heterocycles. The third-order valence-electron chi connectivity index (χ3n) is 2.45. The molecule has 0 aliphatic rings. The summed E-state index contributed by atoms with van der Waals surface area (Å²) in [4.78, 5) is 10.2. The smallest absolute Gasteiger partial charge is 0.336 e. The van der Waals surface area contributed by atoms with Gasteiger partial charge in [0.2, 0.25) is 0 Å². The summed E-state index contributed by atoms with van der Waals surface area (Å²) < 4.78 is 35.7. The van der Waals surface area contributed by atoms with E-state index in [-0.39, 0.29) is 11.1 Å². The van der Waals surface area contributed by atoms with Crippen LogP contribution in [-0.2, 0) is 15.5 Å². The average molecular weight is 295 g/mol. The van der Waals surface area contributed by atoms with Crippen molar-refractivity contribution >= 4 is 25.7 Å². The van der Waals surface area contributed by atoms with Crippen molar-refractivity contribution in [3.05, 3.63) is 29.1 Å². The molecule has 0 fully saturated rings. The molecule has 0 saturated carbocycles. The first kappa shape index (κ1) is 14.9. The lowest BCUT2D eigenvalue weighted by molar-refractivity contribution is 0.0695. The normalized spacial score (nSPS) is 11.5. The van der Waals surface area contributed by atoms with Crippen LogP contribution in [0.25, 0.3) is 0 Å². The summed E-state index contributed by atoms with van der Waals surface area (Å²) in [5, 5.41) is 8.99. The predicted octanol–water partition coefficient (Wildman–Crippen LogP) is 2.79. The highest BCUT2D eigenvalue weighted by atomic mass is 35.7. The van der Waals surface area contributed by atoms with Gasteiger partial charge in [-0.15, -0.1) is 0 Å². The van der Waals surface area contributed by atoms with Gasteiger partial charge in [0.15, 0.2) is 0 Å². The van der Waals surface area contributed by atoms with E-state index in [1.165, 1.54) is 0 Å². The molecule has 0 bridgehead atoms. The summed E-state index contributed by atoms with van der Waals surface area (Å²) in [5.41, 5.74) is 0.0370. The van der Waals surface area contributed by atoms with Crippen LogP contribution in [0.15, 0.2) is 17.0 Å². The number of rotatable bonds is 5. The average Bonchev–Trinajstić information content (AvgIpc) is 2.23. The zero-order chi connectivity index (χ0) is 13.9. The molecule has 1 rings (SSSR count). The number of carboxylic acids is 1. The van der Waals surface area contributed by atoms with Gasteiger partial charge in [-0.25, -0.2) is 17.6 Å². The molecule has 0 aromatic heterocycles. The minimum absolute atomic E-state index is 0.232. The Kier molecular flexibility index (Phi) is 4.70. The second kappa shape index (κ2) is 5.67. The molecular weight excluding hydrogens is 283 g/mol. The van der Waals surface area contributed by atoms with E-state index in [4.69, 9.17) is 15.8 Å². The van der Waals surface area contributed by atoms with Crippen LogP contribution in [0.3, 0.4) is 0 Å². The molecule has 0 saturated heterocycles. The van der Waals surface area contributed by atoms with E-state index in [1.54, 1.807) is 0 Å². The van der Waals surface area contributed by atoms with Crippen molar-refractivity contribution in [3.8, 4) is 0 Å². The molecule has 0 spiro atoms. The van der Waals surface area contributed by atoms with Crippen LogP contribution in [0.5, 0.6) is 0 Å². The first-order valence-electron chi connectivity index (χ1n) is 5.27. The molecule has 0 atom stereocenters. The number of hydrogen-bond acceptors (Lipinski definition) is 3. The Morgan fingerprint density at radius 1 is 1.44 bits per heavy atom. The van der Waals surface area contributed by atoms with Gasteiger partial charge in [0.25, 0.3) is 9.05 Å². The van der Waals surface area contributed by atoms with Crippen molar-refractivity contribution in [1.29, 1.82) is 0 Å². The van der Waals surface area contributed by atoms with Crippen LogP contribution < -0.4 is 0 Å². The van der Waals surface area contributed by atoms with E-state index in [9.17, 15) is 17.6 Å². The lowest BCUT2D eigenvalue weighted by atomic mass is 10.0. The maximum Gasteiger partial charge on any atom is 0.336 e. The van der Waals surface area contributed by atoms with Gasteiger partial charge >= 0.3 is 5.97 Å². The largest absolute Gasteiger partial charge is 0.478 e. The van der Waals surface area contributed by atoms with Crippen LogP contribution in [-0.4, -0.2) is 19.5 Å². The van der Waals surface area contributed by atoms with Gasteiger partial charge in [-0.05, 0) is 30.5 Å². The van der Waals surface area contributed by atoms with Gasteiger partial charge in [-0.2, -0.15) is 0 Å². The zero-order valence-corrected chi connectivity index (χ0v) is 11.2. The van der Waals surface area contributed by atoms with E-state index in [2.05, 4.69) is 0 Å². The molecule has 4 nitrogen and oxygen atoms in total. The minimum Gasteiger partial charge on any atom is -0.478 e. The fourth-order valence-corrected chi connectivity index (χ4v) is 2.46. The minimum atomic E-state index is -4.29. The Balaban J connectivity index is 3.39. The Morgan fingerprint density at radius 2 is 2.06 bits per heavy atom. The van der Waals surface area contributed by atoms with Crippen LogP contribution >= 0.6 is 10.7 Å². The van der Waals surface area contributed by atoms with Crippen molar-refractivity contribution in [2.75, 3.05) is 0 Å². The van der Waals surface area contributed by atoms with Gasteiger partial charge in [0, 0.05) is 10.7 Å². The number of hydrogen-bond donors (Lipinski definition) is 1. The number of benzene rings is 1. The second-order valence-corrected chi connectivity index (χ2v) is 6.32. The van der Waals surface area contributed by atoms with Gasteiger partial charge in [-0.1, -0.05) is 13.3 Å². The Morgan fingerprint density at radius 3 is 2.50 bits per heavy atom. The van der Waals surface area contributed by atoms with Crippen molar-refractivity contribution in [3.63, 3.8) is 0 Å². The Labute approximate surface area is 109 Å². The molecule has 0 aliphatic carbocycles. The lowest BCUT2D eigenvalue weighted by Crippen LogP contribution is -2.07. The molecule has 0 unspecified atom stereocenters. The van der Waals surface area contributed by atoms with Gasteiger partial charge in [-0.3, -0.25) is 0 Å². The molecule has 0 radical (unpaired) electrons. The third-order valence-corrected chi connectivity index (χ3v) is 3.79. The second-order valence-electron chi connectivity index (χ2n) is 3.79. The molecule has 100 valence electrons. The van der Waals surface area contributed by atoms with Crippen molar-refractivity contribution < 1.29 is 22.7 Å². The number of unbranched alkanes of at least 4 members (excludes halogenated alkanes) is 1. The molecule has 1 aromatic carbocycles. The maximum atomic E-state index is 13.6. The number of aromatic carboxylic acids is 1. The van der Waals surface area contributed by atoms with Crippen molar-refractivity contribution in [2.24, 2.45) is 0 Å². The fourth-order valence-electron chi connectivity index (χ4n) is 1.55. The number of halogens is 2. The zero-order valence-electron chi connectivity index (χ0n) is 9.61. The van der Waals surface area contributed by atoms with E-state index in [0.29, 0.717) is 12.8 Å². The number of aryl methyl sites for hydroxylation is 1. The monoisotopic (exact) mass is 294 g/mol. The standard InChI is InChI=1S/C11H12ClFO4S/c1-2-3-4-7-5-9(13)10(18(12,16)17)6-8(7)11(14)15/h5-6H,2-4H2,1H3,(H,14,15). The Hall–Kier alpha value is -1.14. The van der Waals surface area contributed by atoms with Crippen LogP contribution in [0.2, 0.25) is 0 Å². The molecule has 7 heteroatoms. The number of carbonyl (C=O) groups is 1. The summed E-state index contributed by atoms with van der Waals surface area (Å²) in [5.74, 6) is -2.33. The SMILES string of the molecule is CCCCc1cc(F)c(S(=O)(=O)Cl)cc1C(=O)O. The van der Waals surface area contributed by atoms with E-state index >= 15 is 0 Å². The molecule has 1 aromatic rings. The fraction of sp³-hybridized carbons (Fsp3) is 0.364. The highest BCUT2D eigenvalue weighted by Gasteiger charge is 2.21. The molecule has 18 heavy (non-hydrogen) atoms. The van der Waals surface area contributed by atoms with E-state index in [0.717, 1.165) is 18.6 Å². The summed E-state index contributed by atoms with van der Waals surface area (Å²) in [6.07, 6.45) is 1.88. The summed E-state index contributed by atoms with van der Waals surface area (Å²) >= 11 is 0. The highest BCUT2D eigenvalue weighted by molar-refractivity contribution is 8.13. The first-order chi connectivity index (χ1) is 8.27. The van der Waals surface area contributed by atoms with Crippen molar-refractivity contribution in [1.82, 2.24) is 0 Å². The summed E-state index contributed by atoms with van der Waals surface area (Å²) in [7, 11) is 0.744. The van der Waals surface area contributed by atoms with Crippen LogP contribution in [0.4, 0.5) is 4.39 Å². The topological polar surface area (TPSA) is 71.4 Å². The van der Waals surface area contributed by atoms with Gasteiger partial charge in [0.05, 0.1) is 5.56 Å². The number of carboxylic acid groups (broad SMARTS) is 1. The van der Waals surface area contributed by atoms with Gasteiger partial charge in [0.1, 0.15) is 10.7 Å². The molecular formula is C11H12ClFO4S. The highest BCUT2D eigenvalue weighted by Crippen LogP contribution is 2.24.